The molecule has 0 aliphatic heterocycles. The third-order valence-electron chi connectivity index (χ3n) is 2.68. The summed E-state index contributed by atoms with van der Waals surface area (Å²) in [5.74, 6) is 4.66. The highest BCUT2D eigenvalue weighted by atomic mass is 32.2. The predicted octanol–water partition coefficient (Wildman–Crippen LogP) is -0.117. The summed E-state index contributed by atoms with van der Waals surface area (Å²) in [6, 6.07) is 4.79. The smallest absolute Gasteiger partial charge is 0.240 e. The van der Waals surface area contributed by atoms with E-state index < -0.39 is 15.9 Å². The van der Waals surface area contributed by atoms with Crippen LogP contribution in [0.4, 0.5) is 0 Å². The Hall–Kier alpha value is -1.88. The van der Waals surface area contributed by atoms with E-state index in [1.54, 1.807) is 19.1 Å². The van der Waals surface area contributed by atoms with Gasteiger partial charge in [0.15, 0.2) is 0 Å². The van der Waals surface area contributed by atoms with E-state index in [-0.39, 0.29) is 24.5 Å². The zero-order valence-electron chi connectivity index (χ0n) is 11.7. The molecule has 1 rings (SSSR count). The van der Waals surface area contributed by atoms with E-state index >= 15 is 0 Å². The van der Waals surface area contributed by atoms with E-state index in [4.69, 9.17) is 10.8 Å². The lowest BCUT2D eigenvalue weighted by Gasteiger charge is -2.09. The van der Waals surface area contributed by atoms with Gasteiger partial charge in [-0.25, -0.2) is 13.1 Å². The Morgan fingerprint density at radius 1 is 1.43 bits per heavy atom. The zero-order chi connectivity index (χ0) is 15.9. The van der Waals surface area contributed by atoms with E-state index in [1.807, 2.05) is 0 Å². The maximum Gasteiger partial charge on any atom is 0.240 e. The summed E-state index contributed by atoms with van der Waals surface area (Å²) < 4.78 is 26.8. The largest absolute Gasteiger partial charge is 0.384 e. The number of nitrogens with two attached hydrogens (primary N) is 1. The monoisotopic (exact) mass is 310 g/mol. The van der Waals surface area contributed by atoms with Crippen molar-refractivity contribution in [2.24, 2.45) is 5.73 Å². The van der Waals surface area contributed by atoms with Gasteiger partial charge in [0.1, 0.15) is 6.61 Å². The van der Waals surface area contributed by atoms with Crippen molar-refractivity contribution in [1.29, 1.82) is 0 Å². The van der Waals surface area contributed by atoms with Crippen LogP contribution in [0.3, 0.4) is 0 Å². The van der Waals surface area contributed by atoms with Crippen LogP contribution in [0.25, 0.3) is 0 Å². The van der Waals surface area contributed by atoms with Crippen molar-refractivity contribution < 1.29 is 18.3 Å². The summed E-state index contributed by atoms with van der Waals surface area (Å²) in [6.07, 6.45) is 0.473. The molecule has 0 aliphatic rings. The SMILES string of the molecule is Cc1ccc(C#CCO)cc1S(=O)(=O)NCCCC(N)=O. The molecule has 1 aromatic rings. The molecule has 0 aliphatic carbocycles. The van der Waals surface area contributed by atoms with Crippen molar-refractivity contribution in [2.75, 3.05) is 13.2 Å². The number of primary amides is 1. The van der Waals surface area contributed by atoms with Crippen LogP contribution in [0.1, 0.15) is 24.0 Å². The number of carbonyl (C=O) groups excluding carboxylic acids is 1. The standard InChI is InChI=1S/C14H18N2O4S/c1-11-6-7-12(4-3-9-17)10-13(11)21(19,20)16-8-2-5-14(15)18/h6-7,10,16-17H,2,5,8-9H2,1H3,(H2,15,18). The van der Waals surface area contributed by atoms with Crippen molar-refractivity contribution in [3.8, 4) is 11.8 Å². The number of sulfonamides is 1. The van der Waals surface area contributed by atoms with Crippen LogP contribution < -0.4 is 10.5 Å². The number of hydrogen-bond acceptors (Lipinski definition) is 4. The van der Waals surface area contributed by atoms with E-state index in [1.165, 1.54) is 6.07 Å². The van der Waals surface area contributed by atoms with Crippen LogP contribution in [-0.2, 0) is 14.8 Å². The van der Waals surface area contributed by atoms with Crippen LogP contribution in [0.2, 0.25) is 0 Å². The summed E-state index contributed by atoms with van der Waals surface area (Å²) in [5, 5.41) is 8.66. The third-order valence-corrected chi connectivity index (χ3v) is 4.28. The lowest BCUT2D eigenvalue weighted by atomic mass is 10.1. The molecular formula is C14H18N2O4S. The lowest BCUT2D eigenvalue weighted by molar-refractivity contribution is -0.118. The molecule has 21 heavy (non-hydrogen) atoms. The minimum atomic E-state index is -3.67. The molecule has 1 aromatic carbocycles. The number of benzene rings is 1. The summed E-state index contributed by atoms with van der Waals surface area (Å²) in [5.41, 5.74) is 6.09. The van der Waals surface area contributed by atoms with Gasteiger partial charge in [-0.1, -0.05) is 17.9 Å². The molecule has 0 atom stereocenters. The van der Waals surface area contributed by atoms with Gasteiger partial charge in [0.25, 0.3) is 0 Å². The van der Waals surface area contributed by atoms with Crippen LogP contribution in [0, 0.1) is 18.8 Å². The fraction of sp³-hybridized carbons (Fsp3) is 0.357. The number of hydrogen-bond donors (Lipinski definition) is 3. The molecular weight excluding hydrogens is 292 g/mol. The Morgan fingerprint density at radius 3 is 2.76 bits per heavy atom. The quantitative estimate of drug-likeness (QED) is 0.503. The number of aryl methyl sites for hydroxylation is 1. The molecule has 0 saturated heterocycles. The highest BCUT2D eigenvalue weighted by Gasteiger charge is 2.16. The maximum absolute atomic E-state index is 12.2. The van der Waals surface area contributed by atoms with Crippen LogP contribution in [0.15, 0.2) is 23.1 Å². The van der Waals surface area contributed by atoms with Gasteiger partial charge >= 0.3 is 0 Å². The van der Waals surface area contributed by atoms with Gasteiger partial charge in [-0.2, -0.15) is 0 Å². The second-order valence-corrected chi connectivity index (χ2v) is 6.14. The summed E-state index contributed by atoms with van der Waals surface area (Å²) in [7, 11) is -3.67. The van der Waals surface area contributed by atoms with E-state index in [2.05, 4.69) is 16.6 Å². The average molecular weight is 310 g/mol. The number of carbonyl (C=O) groups is 1. The van der Waals surface area contributed by atoms with Crippen LogP contribution >= 0.6 is 0 Å². The zero-order valence-corrected chi connectivity index (χ0v) is 12.5. The van der Waals surface area contributed by atoms with Gasteiger partial charge < -0.3 is 10.8 Å². The van der Waals surface area contributed by atoms with E-state index in [9.17, 15) is 13.2 Å². The molecule has 0 bridgehead atoms. The molecule has 0 unspecified atom stereocenters. The molecule has 0 spiro atoms. The number of amides is 1. The van der Waals surface area contributed by atoms with Crippen molar-refractivity contribution in [3.05, 3.63) is 29.3 Å². The number of aliphatic hydroxyl groups excluding tert-OH is 1. The number of aliphatic hydroxyl groups is 1. The molecule has 0 saturated carbocycles. The molecule has 1 amide bonds. The Labute approximate surface area is 124 Å². The first-order valence-electron chi connectivity index (χ1n) is 6.35. The number of nitrogens with one attached hydrogen (secondary N) is 1. The van der Waals surface area contributed by atoms with Crippen molar-refractivity contribution in [2.45, 2.75) is 24.7 Å². The fourth-order valence-corrected chi connectivity index (χ4v) is 3.00. The molecule has 0 fully saturated rings. The van der Waals surface area contributed by atoms with Gasteiger partial charge in [0, 0.05) is 18.5 Å². The highest BCUT2D eigenvalue weighted by molar-refractivity contribution is 7.89. The Morgan fingerprint density at radius 2 is 2.14 bits per heavy atom. The highest BCUT2D eigenvalue weighted by Crippen LogP contribution is 2.16. The van der Waals surface area contributed by atoms with E-state index in [0.717, 1.165) is 0 Å². The Kier molecular flexibility index (Phi) is 6.37. The first kappa shape index (κ1) is 17.2. The maximum atomic E-state index is 12.2. The molecule has 0 heterocycles. The normalized spacial score (nSPS) is 10.8. The van der Waals surface area contributed by atoms with E-state index in [0.29, 0.717) is 17.5 Å². The van der Waals surface area contributed by atoms with Crippen molar-refractivity contribution in [1.82, 2.24) is 4.72 Å². The molecule has 6 nitrogen and oxygen atoms in total. The number of rotatable bonds is 6. The second-order valence-electron chi connectivity index (χ2n) is 4.41. The van der Waals surface area contributed by atoms with Gasteiger partial charge in [0.05, 0.1) is 4.90 Å². The summed E-state index contributed by atoms with van der Waals surface area (Å²) >= 11 is 0. The second kappa shape index (κ2) is 7.78. The molecule has 4 N–H and O–H groups in total. The molecule has 0 radical (unpaired) electrons. The molecule has 114 valence electrons. The molecule has 7 heteroatoms. The lowest BCUT2D eigenvalue weighted by Crippen LogP contribution is -2.26. The van der Waals surface area contributed by atoms with Gasteiger partial charge in [-0.15, -0.1) is 0 Å². The summed E-state index contributed by atoms with van der Waals surface area (Å²) in [4.78, 5) is 10.7. The first-order chi connectivity index (χ1) is 9.86. The van der Waals surface area contributed by atoms with Gasteiger partial charge in [-0.3, -0.25) is 4.79 Å². The summed E-state index contributed by atoms with van der Waals surface area (Å²) in [6.45, 7) is 1.53. The first-order valence-corrected chi connectivity index (χ1v) is 7.83. The fourth-order valence-electron chi connectivity index (χ4n) is 1.66. The minimum Gasteiger partial charge on any atom is -0.384 e. The van der Waals surface area contributed by atoms with Crippen LogP contribution in [0.5, 0.6) is 0 Å². The Balaban J connectivity index is 2.89. The molecule has 0 aromatic heterocycles. The average Bonchev–Trinajstić information content (AvgIpc) is 2.42. The third kappa shape index (κ3) is 5.55. The van der Waals surface area contributed by atoms with Crippen LogP contribution in [-0.4, -0.2) is 32.6 Å². The van der Waals surface area contributed by atoms with Gasteiger partial charge in [-0.05, 0) is 31.0 Å². The Bertz CT molecular complexity index is 672. The van der Waals surface area contributed by atoms with Crippen molar-refractivity contribution in [3.63, 3.8) is 0 Å². The topological polar surface area (TPSA) is 109 Å². The van der Waals surface area contributed by atoms with Gasteiger partial charge in [0.2, 0.25) is 15.9 Å². The minimum absolute atomic E-state index is 0.128. The predicted molar refractivity (Wildman–Crippen MR) is 78.8 cm³/mol. The van der Waals surface area contributed by atoms with Crippen molar-refractivity contribution >= 4 is 15.9 Å².